The highest BCUT2D eigenvalue weighted by Gasteiger charge is 2.01. The first kappa shape index (κ1) is 10.7. The molecule has 0 aromatic carbocycles. The first-order valence-electron chi connectivity index (χ1n) is 5.36. The minimum atomic E-state index is 1.12. The second-order valence-electron chi connectivity index (χ2n) is 3.68. The lowest BCUT2D eigenvalue weighted by Crippen LogP contribution is -2.28. The smallest absolute Gasteiger partial charge is 0.143 e. The van der Waals surface area contributed by atoms with E-state index in [-0.39, 0.29) is 0 Å². The third-order valence-electron chi connectivity index (χ3n) is 2.36. The molecule has 1 saturated heterocycles. The summed E-state index contributed by atoms with van der Waals surface area (Å²) < 4.78 is 2.17. The maximum absolute atomic E-state index is 4.00. The molecule has 1 rings (SSSR count). The predicted molar refractivity (Wildman–Crippen MR) is 56.7 cm³/mol. The summed E-state index contributed by atoms with van der Waals surface area (Å²) in [7, 11) is 0. The SMILES string of the molecule is C=[N+]1CCCNCCCNCCC1. The van der Waals surface area contributed by atoms with Gasteiger partial charge in [-0.3, -0.25) is 0 Å². The van der Waals surface area contributed by atoms with Gasteiger partial charge in [-0.05, 0) is 19.5 Å². The molecule has 0 radical (unpaired) electrons. The standard InChI is InChI=1S/C10H22N3/c1-13-9-3-7-11-5-2-6-12-8-4-10-13/h11-12H,1-10H2/q+1. The third kappa shape index (κ3) is 5.77. The molecule has 13 heavy (non-hydrogen) atoms. The zero-order valence-electron chi connectivity index (χ0n) is 8.52. The van der Waals surface area contributed by atoms with Gasteiger partial charge in [0, 0.05) is 25.9 Å². The number of rotatable bonds is 0. The number of hydrogen-bond donors (Lipinski definition) is 2. The molecular formula is C10H22N3+. The summed E-state index contributed by atoms with van der Waals surface area (Å²) in [4.78, 5) is 0. The highest BCUT2D eigenvalue weighted by molar-refractivity contribution is 5.14. The summed E-state index contributed by atoms with van der Waals surface area (Å²) in [6, 6.07) is 0. The Balaban J connectivity index is 2.14. The Labute approximate surface area is 81.2 Å². The van der Waals surface area contributed by atoms with E-state index >= 15 is 0 Å². The van der Waals surface area contributed by atoms with E-state index in [1.54, 1.807) is 0 Å². The summed E-state index contributed by atoms with van der Waals surface area (Å²) in [5.74, 6) is 0. The molecule has 3 heteroatoms. The molecule has 1 fully saturated rings. The second-order valence-corrected chi connectivity index (χ2v) is 3.68. The average molecular weight is 184 g/mol. The summed E-state index contributed by atoms with van der Waals surface area (Å²) >= 11 is 0. The van der Waals surface area contributed by atoms with Crippen LogP contribution in [0.5, 0.6) is 0 Å². The van der Waals surface area contributed by atoms with Crippen molar-refractivity contribution in [2.75, 3.05) is 39.3 Å². The Morgan fingerprint density at radius 3 is 1.77 bits per heavy atom. The number of hydrogen-bond acceptors (Lipinski definition) is 2. The molecule has 0 saturated carbocycles. The van der Waals surface area contributed by atoms with Crippen LogP contribution >= 0.6 is 0 Å². The van der Waals surface area contributed by atoms with Gasteiger partial charge in [0.15, 0.2) is 0 Å². The van der Waals surface area contributed by atoms with Gasteiger partial charge < -0.3 is 10.6 Å². The van der Waals surface area contributed by atoms with Crippen molar-refractivity contribution >= 4 is 6.72 Å². The van der Waals surface area contributed by atoms with Crippen molar-refractivity contribution in [2.45, 2.75) is 19.3 Å². The molecule has 0 aromatic heterocycles. The van der Waals surface area contributed by atoms with Crippen molar-refractivity contribution in [3.8, 4) is 0 Å². The molecule has 0 spiro atoms. The zero-order valence-corrected chi connectivity index (χ0v) is 8.52. The molecule has 0 amide bonds. The van der Waals surface area contributed by atoms with Crippen molar-refractivity contribution in [3.05, 3.63) is 0 Å². The fourth-order valence-electron chi connectivity index (χ4n) is 1.56. The molecule has 1 heterocycles. The molecule has 0 unspecified atom stereocenters. The monoisotopic (exact) mass is 184 g/mol. The van der Waals surface area contributed by atoms with Crippen molar-refractivity contribution in [2.24, 2.45) is 0 Å². The van der Waals surface area contributed by atoms with Crippen LogP contribution in [0.2, 0.25) is 0 Å². The van der Waals surface area contributed by atoms with Crippen LogP contribution in [0.3, 0.4) is 0 Å². The van der Waals surface area contributed by atoms with E-state index in [4.69, 9.17) is 0 Å². The molecule has 2 N–H and O–H groups in total. The molecular weight excluding hydrogens is 162 g/mol. The van der Waals surface area contributed by atoms with Crippen LogP contribution in [0.25, 0.3) is 0 Å². The third-order valence-corrected chi connectivity index (χ3v) is 2.36. The van der Waals surface area contributed by atoms with E-state index < -0.39 is 0 Å². The minimum absolute atomic E-state index is 1.12. The first-order chi connectivity index (χ1) is 6.39. The Bertz CT molecular complexity index is 131. The van der Waals surface area contributed by atoms with Gasteiger partial charge in [0.2, 0.25) is 0 Å². The van der Waals surface area contributed by atoms with Crippen LogP contribution in [-0.4, -0.2) is 50.6 Å². The molecule has 0 atom stereocenters. The highest BCUT2D eigenvalue weighted by Crippen LogP contribution is 1.86. The predicted octanol–water partition coefficient (Wildman–Crippen LogP) is 0.0626. The molecule has 76 valence electrons. The summed E-state index contributed by atoms with van der Waals surface area (Å²) in [6.07, 6.45) is 3.68. The molecule has 1 aliphatic rings. The normalized spacial score (nSPS) is 23.2. The van der Waals surface area contributed by atoms with Crippen LogP contribution in [0.4, 0.5) is 0 Å². The van der Waals surface area contributed by atoms with Gasteiger partial charge in [0.05, 0.1) is 0 Å². The van der Waals surface area contributed by atoms with E-state index in [1.165, 1.54) is 19.3 Å². The lowest BCUT2D eigenvalue weighted by molar-refractivity contribution is -0.520. The van der Waals surface area contributed by atoms with Gasteiger partial charge in [-0.15, -0.1) is 0 Å². The van der Waals surface area contributed by atoms with Gasteiger partial charge in [-0.25, -0.2) is 4.58 Å². The maximum Gasteiger partial charge on any atom is 0.143 e. The molecule has 0 bridgehead atoms. The Morgan fingerprint density at radius 2 is 1.23 bits per heavy atom. The quantitative estimate of drug-likeness (QED) is 0.521. The van der Waals surface area contributed by atoms with Crippen LogP contribution < -0.4 is 10.6 Å². The van der Waals surface area contributed by atoms with Crippen molar-refractivity contribution in [1.29, 1.82) is 0 Å². The van der Waals surface area contributed by atoms with Crippen molar-refractivity contribution in [3.63, 3.8) is 0 Å². The van der Waals surface area contributed by atoms with E-state index in [0.29, 0.717) is 0 Å². The fraction of sp³-hybridized carbons (Fsp3) is 0.900. The fourth-order valence-corrected chi connectivity index (χ4v) is 1.56. The van der Waals surface area contributed by atoms with E-state index in [1.807, 2.05) is 0 Å². The summed E-state index contributed by atoms with van der Waals surface area (Å²) in [5, 5.41) is 6.86. The highest BCUT2D eigenvalue weighted by atomic mass is 15.0. The lowest BCUT2D eigenvalue weighted by atomic mass is 10.3. The molecule has 0 aliphatic carbocycles. The lowest BCUT2D eigenvalue weighted by Gasteiger charge is -2.08. The van der Waals surface area contributed by atoms with Gasteiger partial charge in [0.25, 0.3) is 0 Å². The number of nitrogens with one attached hydrogen (secondary N) is 2. The first-order valence-corrected chi connectivity index (χ1v) is 5.36. The topological polar surface area (TPSA) is 27.1 Å². The van der Waals surface area contributed by atoms with Crippen LogP contribution in [0.1, 0.15) is 19.3 Å². The van der Waals surface area contributed by atoms with Gasteiger partial charge in [0.1, 0.15) is 19.8 Å². The van der Waals surface area contributed by atoms with Crippen LogP contribution in [-0.2, 0) is 0 Å². The summed E-state index contributed by atoms with van der Waals surface area (Å²) in [6.45, 7) is 10.8. The van der Waals surface area contributed by atoms with E-state index in [9.17, 15) is 0 Å². The number of nitrogens with zero attached hydrogens (tertiary/aromatic N) is 1. The largest absolute Gasteiger partial charge is 0.316 e. The maximum atomic E-state index is 4.00. The molecule has 3 nitrogen and oxygen atoms in total. The second kappa shape index (κ2) is 7.04. The molecule has 1 aliphatic heterocycles. The Hall–Kier alpha value is -0.410. The van der Waals surface area contributed by atoms with Gasteiger partial charge >= 0.3 is 0 Å². The van der Waals surface area contributed by atoms with Crippen molar-refractivity contribution < 1.29 is 4.58 Å². The molecule has 0 aromatic rings. The van der Waals surface area contributed by atoms with E-state index in [2.05, 4.69) is 21.9 Å². The van der Waals surface area contributed by atoms with E-state index in [0.717, 1.165) is 39.3 Å². The Morgan fingerprint density at radius 1 is 0.769 bits per heavy atom. The van der Waals surface area contributed by atoms with Crippen LogP contribution in [0, 0.1) is 0 Å². The van der Waals surface area contributed by atoms with Gasteiger partial charge in [-0.2, -0.15) is 0 Å². The Kier molecular flexibility index (Phi) is 5.78. The zero-order chi connectivity index (χ0) is 9.36. The minimum Gasteiger partial charge on any atom is -0.316 e. The van der Waals surface area contributed by atoms with Gasteiger partial charge in [-0.1, -0.05) is 0 Å². The summed E-state index contributed by atoms with van der Waals surface area (Å²) in [5.41, 5.74) is 0. The average Bonchev–Trinajstić information content (AvgIpc) is 2.11. The van der Waals surface area contributed by atoms with Crippen molar-refractivity contribution in [1.82, 2.24) is 10.6 Å². The van der Waals surface area contributed by atoms with Crippen LogP contribution in [0.15, 0.2) is 0 Å².